The standard InChI is InChI=1S/C12H15N3O3/c13-9(16)5-10-14-11(7-1-3-17-6-7)8-2-4-18-12(8)15-10/h7H,1-6H2,(H2,13,16). The van der Waals surface area contributed by atoms with Crippen molar-refractivity contribution in [2.45, 2.75) is 25.2 Å². The summed E-state index contributed by atoms with van der Waals surface area (Å²) < 4.78 is 10.9. The lowest BCUT2D eigenvalue weighted by Gasteiger charge is -2.12. The van der Waals surface area contributed by atoms with Crippen molar-refractivity contribution in [3.63, 3.8) is 0 Å². The van der Waals surface area contributed by atoms with Crippen molar-refractivity contribution in [3.8, 4) is 5.88 Å². The molecule has 96 valence electrons. The van der Waals surface area contributed by atoms with E-state index >= 15 is 0 Å². The average molecular weight is 249 g/mol. The van der Waals surface area contributed by atoms with Crippen LogP contribution in [0.2, 0.25) is 0 Å². The number of aromatic nitrogens is 2. The van der Waals surface area contributed by atoms with Crippen LogP contribution >= 0.6 is 0 Å². The summed E-state index contributed by atoms with van der Waals surface area (Å²) in [6.45, 7) is 2.07. The molecule has 0 saturated carbocycles. The number of hydrogen-bond acceptors (Lipinski definition) is 5. The zero-order chi connectivity index (χ0) is 12.5. The van der Waals surface area contributed by atoms with Gasteiger partial charge in [0, 0.05) is 24.5 Å². The molecule has 6 heteroatoms. The minimum absolute atomic E-state index is 0.0528. The highest BCUT2D eigenvalue weighted by Gasteiger charge is 2.28. The molecule has 0 aromatic carbocycles. The van der Waals surface area contributed by atoms with E-state index in [2.05, 4.69) is 9.97 Å². The molecule has 1 saturated heterocycles. The van der Waals surface area contributed by atoms with Gasteiger partial charge in [0.25, 0.3) is 0 Å². The Bertz CT molecular complexity index is 484. The number of fused-ring (bicyclic) bond motifs is 1. The first kappa shape index (κ1) is 11.4. The molecule has 2 aliphatic rings. The summed E-state index contributed by atoms with van der Waals surface area (Å²) in [4.78, 5) is 19.7. The maximum absolute atomic E-state index is 11.0. The fourth-order valence-corrected chi connectivity index (χ4v) is 2.45. The molecule has 1 aromatic rings. The molecule has 18 heavy (non-hydrogen) atoms. The number of hydrogen-bond donors (Lipinski definition) is 1. The van der Waals surface area contributed by atoms with Gasteiger partial charge in [-0.2, -0.15) is 4.98 Å². The first-order valence-corrected chi connectivity index (χ1v) is 6.12. The molecule has 3 rings (SSSR count). The summed E-state index contributed by atoms with van der Waals surface area (Å²) in [6.07, 6.45) is 1.84. The summed E-state index contributed by atoms with van der Waals surface area (Å²) in [7, 11) is 0. The first-order valence-electron chi connectivity index (χ1n) is 6.12. The van der Waals surface area contributed by atoms with Crippen LogP contribution in [0.3, 0.4) is 0 Å². The zero-order valence-electron chi connectivity index (χ0n) is 10.0. The van der Waals surface area contributed by atoms with E-state index < -0.39 is 5.91 Å². The van der Waals surface area contributed by atoms with Crippen LogP contribution in [-0.2, 0) is 22.4 Å². The Morgan fingerprint density at radius 1 is 1.39 bits per heavy atom. The van der Waals surface area contributed by atoms with Gasteiger partial charge in [-0.1, -0.05) is 0 Å². The average Bonchev–Trinajstić information content (AvgIpc) is 2.97. The van der Waals surface area contributed by atoms with Crippen molar-refractivity contribution < 1.29 is 14.3 Å². The normalized spacial score (nSPS) is 21.7. The third-order valence-electron chi connectivity index (χ3n) is 3.29. The molecule has 1 atom stereocenters. The number of carbonyl (C=O) groups excluding carboxylic acids is 1. The second kappa shape index (κ2) is 4.53. The fraction of sp³-hybridized carbons (Fsp3) is 0.583. The van der Waals surface area contributed by atoms with Crippen LogP contribution < -0.4 is 10.5 Å². The third kappa shape index (κ3) is 2.03. The van der Waals surface area contributed by atoms with Crippen LogP contribution in [-0.4, -0.2) is 35.7 Å². The highest BCUT2D eigenvalue weighted by molar-refractivity contribution is 5.75. The zero-order valence-corrected chi connectivity index (χ0v) is 10.0. The highest BCUT2D eigenvalue weighted by atomic mass is 16.5. The minimum atomic E-state index is -0.429. The van der Waals surface area contributed by atoms with E-state index in [0.29, 0.717) is 24.9 Å². The molecule has 2 N–H and O–H groups in total. The number of primary amides is 1. The Morgan fingerprint density at radius 2 is 2.28 bits per heavy atom. The van der Waals surface area contributed by atoms with Gasteiger partial charge in [-0.05, 0) is 6.42 Å². The lowest BCUT2D eigenvalue weighted by atomic mass is 9.99. The number of ether oxygens (including phenoxy) is 2. The molecule has 1 fully saturated rings. The Morgan fingerprint density at radius 3 is 3.00 bits per heavy atom. The molecular weight excluding hydrogens is 234 g/mol. The van der Waals surface area contributed by atoms with Gasteiger partial charge in [-0.15, -0.1) is 0 Å². The summed E-state index contributed by atoms with van der Waals surface area (Å²) in [5.41, 5.74) is 7.24. The van der Waals surface area contributed by atoms with Gasteiger partial charge < -0.3 is 15.2 Å². The van der Waals surface area contributed by atoms with Crippen LogP contribution in [0, 0.1) is 0 Å². The first-order chi connectivity index (χ1) is 8.74. The molecular formula is C12H15N3O3. The van der Waals surface area contributed by atoms with Gasteiger partial charge in [0.2, 0.25) is 11.8 Å². The smallest absolute Gasteiger partial charge is 0.225 e. The quantitative estimate of drug-likeness (QED) is 0.811. The van der Waals surface area contributed by atoms with Gasteiger partial charge in [-0.25, -0.2) is 4.98 Å². The molecule has 0 radical (unpaired) electrons. The molecule has 0 spiro atoms. The maximum Gasteiger partial charge on any atom is 0.225 e. The molecule has 6 nitrogen and oxygen atoms in total. The number of rotatable bonds is 3. The fourth-order valence-electron chi connectivity index (χ4n) is 2.45. The molecule has 3 heterocycles. The number of amides is 1. The number of nitrogens with zero attached hydrogens (tertiary/aromatic N) is 2. The van der Waals surface area contributed by atoms with Crippen molar-refractivity contribution in [1.29, 1.82) is 0 Å². The summed E-state index contributed by atoms with van der Waals surface area (Å²) in [5.74, 6) is 0.921. The Hall–Kier alpha value is -1.69. The van der Waals surface area contributed by atoms with E-state index in [1.807, 2.05) is 0 Å². The number of carbonyl (C=O) groups is 1. The van der Waals surface area contributed by atoms with Gasteiger partial charge in [0.1, 0.15) is 5.82 Å². The number of nitrogens with two attached hydrogens (primary N) is 1. The topological polar surface area (TPSA) is 87.3 Å². The van der Waals surface area contributed by atoms with Crippen molar-refractivity contribution in [2.24, 2.45) is 5.73 Å². The second-order valence-electron chi connectivity index (χ2n) is 4.61. The van der Waals surface area contributed by atoms with Gasteiger partial charge in [0.15, 0.2) is 0 Å². The van der Waals surface area contributed by atoms with Crippen LogP contribution in [0.4, 0.5) is 0 Å². The Labute approximate surface area is 105 Å². The molecule has 0 aliphatic carbocycles. The predicted octanol–water partition coefficient (Wildman–Crippen LogP) is -0.0568. The van der Waals surface area contributed by atoms with Crippen molar-refractivity contribution >= 4 is 5.91 Å². The van der Waals surface area contributed by atoms with Crippen LogP contribution in [0.1, 0.15) is 29.4 Å². The second-order valence-corrected chi connectivity index (χ2v) is 4.61. The summed E-state index contributed by atoms with van der Waals surface area (Å²) in [6, 6.07) is 0. The van der Waals surface area contributed by atoms with Gasteiger partial charge >= 0.3 is 0 Å². The molecule has 0 bridgehead atoms. The highest BCUT2D eigenvalue weighted by Crippen LogP contribution is 2.33. The van der Waals surface area contributed by atoms with Crippen LogP contribution in [0.25, 0.3) is 0 Å². The minimum Gasteiger partial charge on any atom is -0.477 e. The molecule has 1 aromatic heterocycles. The van der Waals surface area contributed by atoms with Gasteiger partial charge in [0.05, 0.1) is 25.3 Å². The van der Waals surface area contributed by atoms with Crippen LogP contribution in [0.15, 0.2) is 0 Å². The van der Waals surface area contributed by atoms with E-state index in [9.17, 15) is 4.79 Å². The van der Waals surface area contributed by atoms with Crippen molar-refractivity contribution in [1.82, 2.24) is 9.97 Å². The predicted molar refractivity (Wildman–Crippen MR) is 62.3 cm³/mol. The summed E-state index contributed by atoms with van der Waals surface area (Å²) in [5, 5.41) is 0. The largest absolute Gasteiger partial charge is 0.477 e. The van der Waals surface area contributed by atoms with Crippen molar-refractivity contribution in [3.05, 3.63) is 17.1 Å². The van der Waals surface area contributed by atoms with E-state index in [1.165, 1.54) is 0 Å². The van der Waals surface area contributed by atoms with Crippen LogP contribution in [0.5, 0.6) is 5.88 Å². The molecule has 1 amide bonds. The Balaban J connectivity index is 1.99. The van der Waals surface area contributed by atoms with E-state index in [0.717, 1.165) is 30.7 Å². The lowest BCUT2D eigenvalue weighted by Crippen LogP contribution is -2.17. The summed E-state index contributed by atoms with van der Waals surface area (Å²) >= 11 is 0. The SMILES string of the molecule is NC(=O)Cc1nc2c(c(C3CCOC3)n1)CCO2. The van der Waals surface area contributed by atoms with Gasteiger partial charge in [-0.3, -0.25) is 4.79 Å². The van der Waals surface area contributed by atoms with E-state index in [1.54, 1.807) is 0 Å². The Kier molecular flexibility index (Phi) is 2.87. The van der Waals surface area contributed by atoms with E-state index in [4.69, 9.17) is 15.2 Å². The molecule has 2 aliphatic heterocycles. The van der Waals surface area contributed by atoms with Crippen molar-refractivity contribution in [2.75, 3.05) is 19.8 Å². The maximum atomic E-state index is 11.0. The monoisotopic (exact) mass is 249 g/mol. The van der Waals surface area contributed by atoms with E-state index in [-0.39, 0.29) is 12.3 Å². The molecule has 1 unspecified atom stereocenters. The lowest BCUT2D eigenvalue weighted by molar-refractivity contribution is -0.117. The third-order valence-corrected chi connectivity index (χ3v) is 3.29.